The standard InChI is InChI=1S/C15H23N/c1-4-5-6-14(3)16-12-11-15-9-7-13(2)8-10-15/h4,7-10,14,16H,1,5-6,11-12H2,2-3H3. The minimum atomic E-state index is 0.587. The van der Waals surface area contributed by atoms with Gasteiger partial charge in [0.1, 0.15) is 0 Å². The van der Waals surface area contributed by atoms with Crippen LogP contribution in [-0.2, 0) is 6.42 Å². The predicted octanol–water partition coefficient (Wildman–Crippen LogP) is 3.48. The Morgan fingerprint density at radius 2 is 2.00 bits per heavy atom. The number of hydrogen-bond acceptors (Lipinski definition) is 1. The van der Waals surface area contributed by atoms with Gasteiger partial charge in [0, 0.05) is 6.04 Å². The molecule has 16 heavy (non-hydrogen) atoms. The zero-order valence-corrected chi connectivity index (χ0v) is 10.5. The van der Waals surface area contributed by atoms with E-state index in [1.165, 1.54) is 17.5 Å². The van der Waals surface area contributed by atoms with E-state index in [0.29, 0.717) is 6.04 Å². The predicted molar refractivity (Wildman–Crippen MR) is 71.8 cm³/mol. The van der Waals surface area contributed by atoms with Crippen molar-refractivity contribution in [3.8, 4) is 0 Å². The summed E-state index contributed by atoms with van der Waals surface area (Å²) in [6, 6.07) is 9.37. The lowest BCUT2D eigenvalue weighted by atomic mass is 10.1. The quantitative estimate of drug-likeness (QED) is 0.689. The van der Waals surface area contributed by atoms with E-state index in [4.69, 9.17) is 0 Å². The van der Waals surface area contributed by atoms with Crippen LogP contribution in [0.3, 0.4) is 0 Å². The molecule has 0 saturated carbocycles. The van der Waals surface area contributed by atoms with E-state index in [1.54, 1.807) is 0 Å². The smallest absolute Gasteiger partial charge is 0.00418 e. The normalized spacial score (nSPS) is 12.4. The molecule has 1 nitrogen and oxygen atoms in total. The highest BCUT2D eigenvalue weighted by atomic mass is 14.9. The largest absolute Gasteiger partial charge is 0.314 e. The van der Waals surface area contributed by atoms with Gasteiger partial charge in [0.15, 0.2) is 0 Å². The Labute approximate surface area is 99.6 Å². The third-order valence-corrected chi connectivity index (χ3v) is 2.83. The number of allylic oxidation sites excluding steroid dienone is 1. The first-order valence-corrected chi connectivity index (χ1v) is 6.12. The summed E-state index contributed by atoms with van der Waals surface area (Å²) in [5.41, 5.74) is 2.74. The van der Waals surface area contributed by atoms with E-state index >= 15 is 0 Å². The molecule has 1 aromatic carbocycles. The van der Waals surface area contributed by atoms with Crippen molar-refractivity contribution in [3.05, 3.63) is 48.0 Å². The van der Waals surface area contributed by atoms with Gasteiger partial charge in [-0.3, -0.25) is 0 Å². The molecule has 0 spiro atoms. The molecule has 0 fully saturated rings. The van der Waals surface area contributed by atoms with E-state index in [1.807, 2.05) is 6.08 Å². The first kappa shape index (κ1) is 13.0. The van der Waals surface area contributed by atoms with Gasteiger partial charge in [-0.25, -0.2) is 0 Å². The number of benzene rings is 1. The van der Waals surface area contributed by atoms with Crippen molar-refractivity contribution in [2.75, 3.05) is 6.54 Å². The fourth-order valence-corrected chi connectivity index (χ4v) is 1.69. The summed E-state index contributed by atoms with van der Waals surface area (Å²) in [5.74, 6) is 0. The molecule has 1 unspecified atom stereocenters. The summed E-state index contributed by atoms with van der Waals surface area (Å²) in [7, 11) is 0. The number of rotatable bonds is 7. The summed E-state index contributed by atoms with van der Waals surface area (Å²) in [4.78, 5) is 0. The lowest BCUT2D eigenvalue weighted by Crippen LogP contribution is -2.27. The van der Waals surface area contributed by atoms with Gasteiger partial charge in [-0.1, -0.05) is 35.9 Å². The summed E-state index contributed by atoms with van der Waals surface area (Å²) in [6.07, 6.45) is 5.37. The van der Waals surface area contributed by atoms with Crippen LogP contribution in [0.25, 0.3) is 0 Å². The second-order valence-electron chi connectivity index (χ2n) is 4.46. The van der Waals surface area contributed by atoms with E-state index in [2.05, 4.69) is 50.0 Å². The van der Waals surface area contributed by atoms with Crippen LogP contribution in [0.5, 0.6) is 0 Å². The monoisotopic (exact) mass is 217 g/mol. The first-order chi connectivity index (χ1) is 7.72. The molecule has 0 aliphatic carbocycles. The molecular formula is C15H23N. The van der Waals surface area contributed by atoms with Crippen molar-refractivity contribution in [2.45, 2.75) is 39.2 Å². The van der Waals surface area contributed by atoms with E-state index < -0.39 is 0 Å². The summed E-state index contributed by atoms with van der Waals surface area (Å²) in [5, 5.41) is 3.53. The van der Waals surface area contributed by atoms with E-state index in [9.17, 15) is 0 Å². The fourth-order valence-electron chi connectivity index (χ4n) is 1.69. The molecule has 0 bridgehead atoms. The van der Waals surface area contributed by atoms with Gasteiger partial charge in [0.2, 0.25) is 0 Å². The van der Waals surface area contributed by atoms with Crippen LogP contribution in [0.4, 0.5) is 0 Å². The van der Waals surface area contributed by atoms with Crippen molar-refractivity contribution in [3.63, 3.8) is 0 Å². The van der Waals surface area contributed by atoms with Crippen LogP contribution >= 0.6 is 0 Å². The highest BCUT2D eigenvalue weighted by Crippen LogP contribution is 2.03. The lowest BCUT2D eigenvalue weighted by Gasteiger charge is -2.12. The van der Waals surface area contributed by atoms with Gasteiger partial charge >= 0.3 is 0 Å². The van der Waals surface area contributed by atoms with Crippen molar-refractivity contribution < 1.29 is 0 Å². The molecule has 0 amide bonds. The zero-order valence-electron chi connectivity index (χ0n) is 10.5. The summed E-state index contributed by atoms with van der Waals surface area (Å²) in [6.45, 7) is 9.16. The van der Waals surface area contributed by atoms with E-state index in [0.717, 1.165) is 19.4 Å². The zero-order chi connectivity index (χ0) is 11.8. The molecule has 1 rings (SSSR count). The Balaban J connectivity index is 2.19. The SMILES string of the molecule is C=CCCC(C)NCCc1ccc(C)cc1. The molecule has 1 aromatic rings. The maximum atomic E-state index is 3.74. The average Bonchev–Trinajstić information content (AvgIpc) is 2.29. The molecule has 0 heterocycles. The maximum absolute atomic E-state index is 3.74. The van der Waals surface area contributed by atoms with Crippen LogP contribution in [-0.4, -0.2) is 12.6 Å². The molecule has 88 valence electrons. The fraction of sp³-hybridized carbons (Fsp3) is 0.467. The number of nitrogens with one attached hydrogen (secondary N) is 1. The Bertz CT molecular complexity index is 300. The van der Waals surface area contributed by atoms with Crippen molar-refractivity contribution >= 4 is 0 Å². The minimum absolute atomic E-state index is 0.587. The minimum Gasteiger partial charge on any atom is -0.314 e. The summed E-state index contributed by atoms with van der Waals surface area (Å²) >= 11 is 0. The van der Waals surface area contributed by atoms with Crippen LogP contribution in [0.1, 0.15) is 30.9 Å². The third-order valence-electron chi connectivity index (χ3n) is 2.83. The van der Waals surface area contributed by atoms with Gasteiger partial charge in [0.05, 0.1) is 0 Å². The molecule has 0 radical (unpaired) electrons. The highest BCUT2D eigenvalue weighted by Gasteiger charge is 1.99. The summed E-state index contributed by atoms with van der Waals surface area (Å²) < 4.78 is 0. The average molecular weight is 217 g/mol. The van der Waals surface area contributed by atoms with Gasteiger partial charge in [-0.05, 0) is 45.2 Å². The van der Waals surface area contributed by atoms with Gasteiger partial charge in [0.25, 0.3) is 0 Å². The molecule has 0 aromatic heterocycles. The van der Waals surface area contributed by atoms with Gasteiger partial charge in [-0.2, -0.15) is 0 Å². The topological polar surface area (TPSA) is 12.0 Å². The molecule has 0 aliphatic rings. The van der Waals surface area contributed by atoms with Crippen molar-refractivity contribution in [2.24, 2.45) is 0 Å². The Morgan fingerprint density at radius 3 is 2.62 bits per heavy atom. The Morgan fingerprint density at radius 1 is 1.31 bits per heavy atom. The molecule has 0 aliphatic heterocycles. The second-order valence-corrected chi connectivity index (χ2v) is 4.46. The Hall–Kier alpha value is -1.08. The molecule has 1 atom stereocenters. The van der Waals surface area contributed by atoms with Crippen LogP contribution in [0.2, 0.25) is 0 Å². The number of aryl methyl sites for hydroxylation is 1. The molecule has 0 saturated heterocycles. The molecule has 1 heteroatoms. The van der Waals surface area contributed by atoms with Crippen molar-refractivity contribution in [1.29, 1.82) is 0 Å². The molecule has 1 N–H and O–H groups in total. The maximum Gasteiger partial charge on any atom is 0.00418 e. The lowest BCUT2D eigenvalue weighted by molar-refractivity contribution is 0.521. The van der Waals surface area contributed by atoms with Crippen LogP contribution < -0.4 is 5.32 Å². The number of hydrogen-bond donors (Lipinski definition) is 1. The van der Waals surface area contributed by atoms with E-state index in [-0.39, 0.29) is 0 Å². The highest BCUT2D eigenvalue weighted by molar-refractivity contribution is 5.21. The molecular weight excluding hydrogens is 194 g/mol. The van der Waals surface area contributed by atoms with Gasteiger partial charge < -0.3 is 5.32 Å². The Kier molecular flexibility index (Phi) is 5.87. The van der Waals surface area contributed by atoms with Crippen molar-refractivity contribution in [1.82, 2.24) is 5.32 Å². The second kappa shape index (κ2) is 7.24. The first-order valence-electron chi connectivity index (χ1n) is 6.12. The van der Waals surface area contributed by atoms with Gasteiger partial charge in [-0.15, -0.1) is 6.58 Å². The third kappa shape index (κ3) is 5.13. The van der Waals surface area contributed by atoms with Crippen LogP contribution in [0, 0.1) is 6.92 Å². The van der Waals surface area contributed by atoms with Crippen LogP contribution in [0.15, 0.2) is 36.9 Å².